The van der Waals surface area contributed by atoms with Crippen molar-refractivity contribution in [1.29, 1.82) is 0 Å². The Labute approximate surface area is 221 Å². The van der Waals surface area contributed by atoms with Gasteiger partial charge in [0.25, 0.3) is 0 Å². The molecule has 1 saturated heterocycles. The molecule has 3 aliphatic carbocycles. The number of ether oxygens (including phenoxy) is 2. The van der Waals surface area contributed by atoms with Gasteiger partial charge >= 0.3 is 0 Å². The van der Waals surface area contributed by atoms with Gasteiger partial charge in [-0.25, -0.2) is 0 Å². The van der Waals surface area contributed by atoms with Crippen LogP contribution in [0.4, 0.5) is 0 Å². The Morgan fingerprint density at radius 1 is 1.30 bits per heavy atom. The number of hydrogen-bond donors (Lipinski definition) is 2. The summed E-state index contributed by atoms with van der Waals surface area (Å²) in [6.07, 6.45) is 11.8. The molecule has 6 rings (SSSR count). The van der Waals surface area contributed by atoms with Crippen LogP contribution >= 0.6 is 0 Å². The third-order valence-corrected chi connectivity index (χ3v) is 9.92. The Kier molecular flexibility index (Phi) is 7.04. The number of aryl methyl sites for hydroxylation is 2. The second kappa shape index (κ2) is 10.4. The van der Waals surface area contributed by atoms with Crippen molar-refractivity contribution in [3.63, 3.8) is 0 Å². The number of amides is 1. The third-order valence-electron chi connectivity index (χ3n) is 9.92. The van der Waals surface area contributed by atoms with Gasteiger partial charge in [0, 0.05) is 30.7 Å². The van der Waals surface area contributed by atoms with Crippen LogP contribution in [-0.2, 0) is 34.2 Å². The number of hydrogen-bond acceptors (Lipinski definition) is 4. The smallest absolute Gasteiger partial charge is 0.220 e. The molecule has 2 fully saturated rings. The number of nitrogens with one attached hydrogen (secondary N) is 2. The predicted octanol–water partition coefficient (Wildman–Crippen LogP) is 5.39. The maximum atomic E-state index is 12.5. The fourth-order valence-corrected chi connectivity index (χ4v) is 7.85. The molecule has 2 N–H and O–H groups in total. The third kappa shape index (κ3) is 4.71. The molecule has 1 aromatic carbocycles. The molecule has 2 aromatic rings. The van der Waals surface area contributed by atoms with Gasteiger partial charge in [0.15, 0.2) is 0 Å². The Morgan fingerprint density at radius 2 is 2.22 bits per heavy atom. The maximum Gasteiger partial charge on any atom is 0.220 e. The monoisotopic (exact) mass is 505 g/mol. The lowest BCUT2D eigenvalue weighted by atomic mass is 9.55. The number of fused-ring (bicyclic) bond motifs is 7. The molecular weight excluding hydrogens is 462 g/mol. The topological polar surface area (TPSA) is 76.2 Å². The van der Waals surface area contributed by atoms with Gasteiger partial charge in [0.05, 0.1) is 18.4 Å². The van der Waals surface area contributed by atoms with Gasteiger partial charge < -0.3 is 14.8 Å². The Hall–Kier alpha value is -2.34. The van der Waals surface area contributed by atoms with Crippen LogP contribution in [0.2, 0.25) is 0 Å². The van der Waals surface area contributed by atoms with Crippen molar-refractivity contribution in [3.8, 4) is 5.75 Å². The largest absolute Gasteiger partial charge is 0.494 e. The second-order valence-corrected chi connectivity index (χ2v) is 12.1. The second-order valence-electron chi connectivity index (χ2n) is 12.1. The van der Waals surface area contributed by atoms with E-state index in [-0.39, 0.29) is 17.4 Å². The summed E-state index contributed by atoms with van der Waals surface area (Å²) in [6.45, 7) is 6.93. The average molecular weight is 506 g/mol. The summed E-state index contributed by atoms with van der Waals surface area (Å²) >= 11 is 0. The van der Waals surface area contributed by atoms with Crippen molar-refractivity contribution >= 4 is 5.91 Å². The molecule has 1 aromatic heterocycles. The molecule has 0 radical (unpaired) electrons. The van der Waals surface area contributed by atoms with Gasteiger partial charge in [-0.05, 0) is 104 Å². The van der Waals surface area contributed by atoms with Crippen LogP contribution in [0, 0.1) is 11.8 Å². The number of carbonyl (C=O) groups excluding carboxylic acids is 1. The van der Waals surface area contributed by atoms with Crippen LogP contribution in [0.1, 0.15) is 99.2 Å². The zero-order valence-electron chi connectivity index (χ0n) is 22.6. The molecule has 6 heteroatoms. The van der Waals surface area contributed by atoms with Crippen molar-refractivity contribution in [2.24, 2.45) is 11.8 Å². The van der Waals surface area contributed by atoms with E-state index in [9.17, 15) is 4.79 Å². The first-order chi connectivity index (χ1) is 18.1. The fourth-order valence-electron chi connectivity index (χ4n) is 7.85. The number of unbranched alkanes of at least 4 members (excludes halogenated alkanes) is 1. The van der Waals surface area contributed by atoms with Gasteiger partial charge in [-0.15, -0.1) is 0 Å². The standard InChI is InChI=1S/C31H43N3O3/c1-3-4-15-36-21-8-10-23-20(17-21)7-9-25-24(23)13-14-31(2)27(25)18-26-28(33-34-30(26)31)11-12-29(35)32-19-22-6-5-16-37-22/h8,10,17,22,24-25,27H,3-7,9,11-16,18-19H2,1-2H3,(H,32,35)(H,33,34)/t22?,24?,25?,27?,31-/m0/s1. The number of aromatic amines is 1. The lowest BCUT2D eigenvalue weighted by Gasteiger charge is -2.49. The van der Waals surface area contributed by atoms with Crippen molar-refractivity contribution in [2.45, 2.75) is 102 Å². The minimum Gasteiger partial charge on any atom is -0.494 e. The first-order valence-corrected chi connectivity index (χ1v) is 14.8. The van der Waals surface area contributed by atoms with Crippen molar-refractivity contribution in [2.75, 3.05) is 19.8 Å². The van der Waals surface area contributed by atoms with E-state index < -0.39 is 0 Å². The highest BCUT2D eigenvalue weighted by molar-refractivity contribution is 5.76. The molecule has 4 aliphatic rings. The van der Waals surface area contributed by atoms with E-state index >= 15 is 0 Å². The summed E-state index contributed by atoms with van der Waals surface area (Å²) in [4.78, 5) is 12.5. The molecule has 4 unspecified atom stereocenters. The van der Waals surface area contributed by atoms with Gasteiger partial charge in [-0.1, -0.05) is 26.3 Å². The average Bonchev–Trinajstić information content (AvgIpc) is 3.63. The van der Waals surface area contributed by atoms with E-state index in [4.69, 9.17) is 14.6 Å². The summed E-state index contributed by atoms with van der Waals surface area (Å²) in [5.41, 5.74) is 7.09. The van der Waals surface area contributed by atoms with Crippen molar-refractivity contribution < 1.29 is 14.3 Å². The van der Waals surface area contributed by atoms with Crippen LogP contribution in [0.25, 0.3) is 0 Å². The quantitative estimate of drug-likeness (QED) is 0.448. The van der Waals surface area contributed by atoms with E-state index in [0.717, 1.165) is 63.9 Å². The minimum atomic E-state index is 0.113. The molecule has 1 aliphatic heterocycles. The van der Waals surface area contributed by atoms with Gasteiger partial charge in [-0.2, -0.15) is 5.10 Å². The molecule has 6 nitrogen and oxygen atoms in total. The van der Waals surface area contributed by atoms with E-state index in [1.54, 1.807) is 5.56 Å². The first kappa shape index (κ1) is 25.0. The van der Waals surface area contributed by atoms with E-state index in [2.05, 4.69) is 42.5 Å². The maximum absolute atomic E-state index is 12.5. The van der Waals surface area contributed by atoms with Crippen LogP contribution in [0.3, 0.4) is 0 Å². The summed E-state index contributed by atoms with van der Waals surface area (Å²) in [6, 6.07) is 6.88. The van der Waals surface area contributed by atoms with Gasteiger partial charge in [-0.3, -0.25) is 9.89 Å². The summed E-state index contributed by atoms with van der Waals surface area (Å²) in [7, 11) is 0. The summed E-state index contributed by atoms with van der Waals surface area (Å²) < 4.78 is 11.6. The van der Waals surface area contributed by atoms with Crippen molar-refractivity contribution in [1.82, 2.24) is 15.5 Å². The van der Waals surface area contributed by atoms with E-state index in [0.29, 0.717) is 30.7 Å². The van der Waals surface area contributed by atoms with Gasteiger partial charge in [0.1, 0.15) is 5.75 Å². The molecular formula is C31H43N3O3. The minimum absolute atomic E-state index is 0.113. The van der Waals surface area contributed by atoms with Crippen molar-refractivity contribution in [3.05, 3.63) is 46.3 Å². The highest BCUT2D eigenvalue weighted by Gasteiger charge is 2.54. The number of aromatic nitrogens is 2. The van der Waals surface area contributed by atoms with Gasteiger partial charge in [0.2, 0.25) is 5.91 Å². The number of benzene rings is 1. The fraction of sp³-hybridized carbons (Fsp3) is 0.677. The molecule has 1 saturated carbocycles. The Balaban J connectivity index is 1.11. The molecule has 1 amide bonds. The SMILES string of the molecule is CCCCOc1ccc2c(c1)CCC1C2CC[C@]2(C)c3n[nH]c(CCC(=O)NCC4CCCO4)c3CC12. The van der Waals surface area contributed by atoms with E-state index in [1.165, 1.54) is 41.8 Å². The van der Waals surface area contributed by atoms with Crippen LogP contribution in [-0.4, -0.2) is 42.0 Å². The number of nitrogens with zero attached hydrogens (tertiary/aromatic N) is 1. The highest BCUT2D eigenvalue weighted by Crippen LogP contribution is 2.60. The molecule has 2 heterocycles. The Morgan fingerprint density at radius 3 is 3.05 bits per heavy atom. The molecule has 0 spiro atoms. The summed E-state index contributed by atoms with van der Waals surface area (Å²) in [5, 5.41) is 11.3. The highest BCUT2D eigenvalue weighted by atomic mass is 16.5. The van der Waals surface area contributed by atoms with E-state index in [1.807, 2.05) is 0 Å². The number of carbonyl (C=O) groups is 1. The molecule has 200 valence electrons. The predicted molar refractivity (Wildman–Crippen MR) is 144 cm³/mol. The molecule has 0 bridgehead atoms. The lowest BCUT2D eigenvalue weighted by molar-refractivity contribution is -0.121. The number of rotatable bonds is 9. The zero-order valence-corrected chi connectivity index (χ0v) is 22.6. The zero-order chi connectivity index (χ0) is 25.4. The molecule has 37 heavy (non-hydrogen) atoms. The van der Waals surface area contributed by atoms with Crippen LogP contribution < -0.4 is 10.1 Å². The first-order valence-electron chi connectivity index (χ1n) is 14.8. The number of H-pyrrole nitrogens is 1. The van der Waals surface area contributed by atoms with Crippen LogP contribution in [0.5, 0.6) is 5.75 Å². The molecule has 5 atom stereocenters. The summed E-state index contributed by atoms with van der Waals surface area (Å²) in [5.74, 6) is 3.14. The Bertz CT molecular complexity index is 1120. The van der Waals surface area contributed by atoms with Crippen LogP contribution in [0.15, 0.2) is 18.2 Å². The normalized spacial score (nSPS) is 29.8. The lowest BCUT2D eigenvalue weighted by Crippen LogP contribution is -2.43.